The summed E-state index contributed by atoms with van der Waals surface area (Å²) in [6.07, 6.45) is 1.57. The molecule has 0 aliphatic rings. The van der Waals surface area contributed by atoms with E-state index in [1.165, 1.54) is 23.9 Å². The molecule has 22 heavy (non-hydrogen) atoms. The third-order valence-corrected chi connectivity index (χ3v) is 4.00. The predicted molar refractivity (Wildman–Crippen MR) is 82.9 cm³/mol. The van der Waals surface area contributed by atoms with Crippen LogP contribution in [0.1, 0.15) is 11.1 Å². The lowest BCUT2D eigenvalue weighted by molar-refractivity contribution is -0.118. The Kier molecular flexibility index (Phi) is 5.75. The van der Waals surface area contributed by atoms with Crippen molar-refractivity contribution in [2.45, 2.75) is 11.6 Å². The molecule has 2 rings (SSSR count). The second-order valence-electron chi connectivity index (χ2n) is 4.28. The number of thioether (sulfide) groups is 1. The lowest BCUT2D eigenvalue weighted by atomic mass is 10.2. The highest BCUT2D eigenvalue weighted by Gasteiger charge is 2.08. The van der Waals surface area contributed by atoms with Crippen LogP contribution in [0.15, 0.2) is 41.6 Å². The molecule has 0 aliphatic carbocycles. The summed E-state index contributed by atoms with van der Waals surface area (Å²) in [4.78, 5) is 15.9. The Morgan fingerprint density at radius 2 is 2.27 bits per heavy atom. The van der Waals surface area contributed by atoms with Crippen molar-refractivity contribution in [3.8, 4) is 6.07 Å². The van der Waals surface area contributed by atoms with Gasteiger partial charge in [-0.05, 0) is 29.8 Å². The molecule has 2 aromatic rings. The van der Waals surface area contributed by atoms with E-state index in [9.17, 15) is 9.18 Å². The molecule has 1 heterocycles. The van der Waals surface area contributed by atoms with Gasteiger partial charge in [-0.3, -0.25) is 4.79 Å². The Morgan fingerprint density at radius 1 is 1.45 bits per heavy atom. The van der Waals surface area contributed by atoms with Gasteiger partial charge in [-0.1, -0.05) is 29.4 Å². The number of pyridine rings is 1. The van der Waals surface area contributed by atoms with Crippen molar-refractivity contribution in [2.75, 3.05) is 5.75 Å². The molecule has 1 amide bonds. The molecule has 0 spiro atoms. The fourth-order valence-electron chi connectivity index (χ4n) is 1.63. The van der Waals surface area contributed by atoms with Gasteiger partial charge in [0.2, 0.25) is 5.91 Å². The van der Waals surface area contributed by atoms with Gasteiger partial charge in [0.25, 0.3) is 0 Å². The number of carbonyl (C=O) groups is 1. The first kappa shape index (κ1) is 16.3. The fraction of sp³-hybridized carbons (Fsp3) is 0.133. The Bertz CT molecular complexity index is 733. The maximum absolute atomic E-state index is 13.0. The van der Waals surface area contributed by atoms with Crippen LogP contribution in [0.25, 0.3) is 0 Å². The van der Waals surface area contributed by atoms with Crippen molar-refractivity contribution < 1.29 is 9.18 Å². The van der Waals surface area contributed by atoms with E-state index in [-0.39, 0.29) is 23.2 Å². The topological polar surface area (TPSA) is 65.8 Å². The first-order valence-electron chi connectivity index (χ1n) is 6.28. The maximum atomic E-state index is 13.0. The van der Waals surface area contributed by atoms with E-state index in [1.807, 2.05) is 6.07 Å². The van der Waals surface area contributed by atoms with E-state index >= 15 is 0 Å². The van der Waals surface area contributed by atoms with E-state index in [1.54, 1.807) is 24.4 Å². The van der Waals surface area contributed by atoms with Crippen LogP contribution < -0.4 is 5.32 Å². The van der Waals surface area contributed by atoms with Crippen LogP contribution in [-0.2, 0) is 11.3 Å². The number of nitrogens with zero attached hydrogens (tertiary/aromatic N) is 2. The lowest BCUT2D eigenvalue weighted by Gasteiger charge is -2.06. The molecule has 0 fully saturated rings. The van der Waals surface area contributed by atoms with Crippen molar-refractivity contribution in [2.24, 2.45) is 0 Å². The number of aromatic nitrogens is 1. The highest BCUT2D eigenvalue weighted by Crippen LogP contribution is 2.19. The first-order valence-corrected chi connectivity index (χ1v) is 7.65. The zero-order valence-corrected chi connectivity index (χ0v) is 12.9. The second-order valence-corrected chi connectivity index (χ2v) is 5.65. The number of carbonyl (C=O) groups excluding carboxylic acids is 1. The summed E-state index contributed by atoms with van der Waals surface area (Å²) in [5.41, 5.74) is 1.14. The predicted octanol–water partition coefficient (Wildman–Crippen LogP) is 3.15. The average Bonchev–Trinajstić information content (AvgIpc) is 2.54. The van der Waals surface area contributed by atoms with Crippen molar-refractivity contribution in [1.82, 2.24) is 10.3 Å². The van der Waals surface area contributed by atoms with E-state index in [2.05, 4.69) is 10.3 Å². The number of halogens is 2. The third-order valence-electron chi connectivity index (χ3n) is 2.71. The van der Waals surface area contributed by atoms with Gasteiger partial charge >= 0.3 is 0 Å². The summed E-state index contributed by atoms with van der Waals surface area (Å²) in [5.74, 6) is -0.563. The Morgan fingerprint density at radius 3 is 3.00 bits per heavy atom. The molecule has 0 atom stereocenters. The average molecular weight is 336 g/mol. The normalized spacial score (nSPS) is 10.0. The third kappa shape index (κ3) is 4.45. The number of hydrogen-bond acceptors (Lipinski definition) is 4. The second kappa shape index (κ2) is 7.78. The fourth-order valence-corrected chi connectivity index (χ4v) is 2.60. The lowest BCUT2D eigenvalue weighted by Crippen LogP contribution is -2.24. The van der Waals surface area contributed by atoms with Crippen LogP contribution in [-0.4, -0.2) is 16.6 Å². The van der Waals surface area contributed by atoms with Gasteiger partial charge in [0.1, 0.15) is 16.9 Å². The molecule has 7 heteroatoms. The summed E-state index contributed by atoms with van der Waals surface area (Å²) >= 11 is 6.86. The van der Waals surface area contributed by atoms with Crippen molar-refractivity contribution in [1.29, 1.82) is 5.26 Å². The molecule has 0 saturated heterocycles. The van der Waals surface area contributed by atoms with Crippen LogP contribution in [0.5, 0.6) is 0 Å². The molecular formula is C15H11ClFN3OS. The van der Waals surface area contributed by atoms with Crippen molar-refractivity contribution in [3.63, 3.8) is 0 Å². The van der Waals surface area contributed by atoms with Crippen LogP contribution in [0.4, 0.5) is 4.39 Å². The van der Waals surface area contributed by atoms with Gasteiger partial charge in [0.05, 0.1) is 16.3 Å². The van der Waals surface area contributed by atoms with Crippen molar-refractivity contribution >= 4 is 29.3 Å². The SMILES string of the molecule is N#Cc1cccnc1SCC(=O)NCc1ccc(F)c(Cl)c1. The summed E-state index contributed by atoms with van der Waals surface area (Å²) < 4.78 is 13.0. The molecule has 0 bridgehead atoms. The highest BCUT2D eigenvalue weighted by molar-refractivity contribution is 7.99. The number of nitriles is 1. The van der Waals surface area contributed by atoms with Crippen LogP contribution in [0.3, 0.4) is 0 Å². The van der Waals surface area contributed by atoms with E-state index in [0.717, 1.165) is 0 Å². The Hall–Kier alpha value is -2.10. The summed E-state index contributed by atoms with van der Waals surface area (Å²) in [5, 5.41) is 12.2. The van der Waals surface area contributed by atoms with E-state index in [0.29, 0.717) is 16.2 Å². The van der Waals surface area contributed by atoms with Gasteiger partial charge in [0.15, 0.2) is 0 Å². The van der Waals surface area contributed by atoms with Gasteiger partial charge in [-0.25, -0.2) is 9.37 Å². The number of rotatable bonds is 5. The minimum Gasteiger partial charge on any atom is -0.351 e. The standard InChI is InChI=1S/C15H11ClFN3OS/c16-12-6-10(3-4-13(12)17)8-20-14(21)9-22-15-11(7-18)2-1-5-19-15/h1-6H,8-9H2,(H,20,21). The summed E-state index contributed by atoms with van der Waals surface area (Å²) in [6.45, 7) is 0.257. The highest BCUT2D eigenvalue weighted by atomic mass is 35.5. The minimum atomic E-state index is -0.494. The number of amides is 1. The van der Waals surface area contributed by atoms with E-state index in [4.69, 9.17) is 16.9 Å². The van der Waals surface area contributed by atoms with Crippen LogP contribution >= 0.6 is 23.4 Å². The molecule has 4 nitrogen and oxygen atoms in total. The molecule has 0 aliphatic heterocycles. The molecular weight excluding hydrogens is 325 g/mol. The number of hydrogen-bond donors (Lipinski definition) is 1. The maximum Gasteiger partial charge on any atom is 0.230 e. The molecule has 1 aromatic heterocycles. The molecule has 0 radical (unpaired) electrons. The summed E-state index contributed by atoms with van der Waals surface area (Å²) in [6, 6.07) is 9.62. The van der Waals surface area contributed by atoms with Crippen molar-refractivity contribution in [3.05, 3.63) is 58.5 Å². The summed E-state index contributed by atoms with van der Waals surface area (Å²) in [7, 11) is 0. The number of nitrogens with one attached hydrogen (secondary N) is 1. The van der Waals surface area contributed by atoms with Gasteiger partial charge in [-0.15, -0.1) is 0 Å². The monoisotopic (exact) mass is 335 g/mol. The Labute approximate surface area is 136 Å². The van der Waals surface area contributed by atoms with Gasteiger partial charge in [0, 0.05) is 12.7 Å². The molecule has 1 N–H and O–H groups in total. The minimum absolute atomic E-state index is 0.0215. The Balaban J connectivity index is 1.86. The number of benzene rings is 1. The van der Waals surface area contributed by atoms with Crippen LogP contribution in [0.2, 0.25) is 5.02 Å². The van der Waals surface area contributed by atoms with Gasteiger partial charge in [-0.2, -0.15) is 5.26 Å². The molecule has 1 aromatic carbocycles. The molecule has 112 valence electrons. The first-order chi connectivity index (χ1) is 10.6. The molecule has 0 unspecified atom stereocenters. The van der Waals surface area contributed by atoms with Gasteiger partial charge < -0.3 is 5.32 Å². The van der Waals surface area contributed by atoms with Crippen LogP contribution in [0, 0.1) is 17.1 Å². The zero-order valence-electron chi connectivity index (χ0n) is 11.3. The van der Waals surface area contributed by atoms with E-state index < -0.39 is 5.82 Å². The largest absolute Gasteiger partial charge is 0.351 e. The zero-order chi connectivity index (χ0) is 15.9. The quantitative estimate of drug-likeness (QED) is 0.852. The molecule has 0 saturated carbocycles. The smallest absolute Gasteiger partial charge is 0.230 e.